The number of carbonyl (C=O) groups is 3. The third-order valence-corrected chi connectivity index (χ3v) is 5.37. The lowest BCUT2D eigenvalue weighted by Crippen LogP contribution is -2.32. The molecule has 0 aromatic heterocycles. The topological polar surface area (TPSA) is 168 Å². The molecule has 4 rings (SSSR count). The third kappa shape index (κ3) is 6.39. The summed E-state index contributed by atoms with van der Waals surface area (Å²) in [5.41, 5.74) is 2.34. The van der Waals surface area contributed by atoms with Gasteiger partial charge in [-0.25, -0.2) is 5.43 Å². The van der Waals surface area contributed by atoms with Crippen LogP contribution in [0.4, 0.5) is 5.69 Å². The number of esters is 1. The number of nitrogens with one attached hydrogen (secondary N) is 2. The van der Waals surface area contributed by atoms with Gasteiger partial charge in [0.05, 0.1) is 23.8 Å². The summed E-state index contributed by atoms with van der Waals surface area (Å²) in [6, 6.07) is 15.8. The number of amides is 2. The van der Waals surface area contributed by atoms with E-state index in [1.807, 2.05) is 0 Å². The van der Waals surface area contributed by atoms with Crippen molar-refractivity contribution >= 4 is 35.8 Å². The molecule has 0 aliphatic carbocycles. The van der Waals surface area contributed by atoms with Crippen LogP contribution in [0.25, 0.3) is 6.08 Å². The molecule has 0 atom stereocenters. The van der Waals surface area contributed by atoms with Gasteiger partial charge in [-0.2, -0.15) is 5.10 Å². The normalized spacial score (nSPS) is 12.1. The van der Waals surface area contributed by atoms with Gasteiger partial charge in [-0.1, -0.05) is 24.3 Å². The summed E-state index contributed by atoms with van der Waals surface area (Å²) in [6.07, 6.45) is 2.43. The monoisotopic (exact) mass is 546 g/mol. The molecule has 1 heterocycles. The fourth-order valence-corrected chi connectivity index (χ4v) is 3.63. The number of hydrogen-bond acceptors (Lipinski definition) is 10. The molecular formula is C27H22N4O9. The maximum Gasteiger partial charge on any atom is 0.323 e. The second kappa shape index (κ2) is 12.2. The lowest BCUT2D eigenvalue weighted by atomic mass is 10.1. The number of methoxy groups -OCH3 is 1. The first-order valence-corrected chi connectivity index (χ1v) is 11.6. The van der Waals surface area contributed by atoms with Crippen molar-refractivity contribution in [1.82, 2.24) is 10.7 Å². The number of fused-ring (bicyclic) bond motifs is 1. The minimum atomic E-state index is -0.815. The molecule has 1 aliphatic heterocycles. The second-order valence-electron chi connectivity index (χ2n) is 8.08. The molecule has 40 heavy (non-hydrogen) atoms. The standard InChI is InChI=1S/C27H22N4O9/c1-16(32)40-22-11-9-19(24(31(35)36)25(22)37-2)14-28-30-27(34)20(29-26(33)18-6-4-3-5-7-18)12-17-8-10-21-23(13-17)39-15-38-21/h3-14H,15H2,1-2H3,(H,29,33)(H,30,34)/b20-12+,28-14-. The molecule has 3 aromatic carbocycles. The van der Waals surface area contributed by atoms with Crippen molar-refractivity contribution in [3.8, 4) is 23.0 Å². The van der Waals surface area contributed by atoms with Crippen LogP contribution >= 0.6 is 0 Å². The number of nitrogens with zero attached hydrogens (tertiary/aromatic N) is 2. The highest BCUT2D eigenvalue weighted by atomic mass is 16.7. The smallest absolute Gasteiger partial charge is 0.323 e. The Morgan fingerprint density at radius 2 is 1.80 bits per heavy atom. The Balaban J connectivity index is 1.61. The van der Waals surface area contributed by atoms with Crippen molar-refractivity contribution in [2.45, 2.75) is 6.92 Å². The van der Waals surface area contributed by atoms with E-state index in [4.69, 9.17) is 18.9 Å². The molecular weight excluding hydrogens is 524 g/mol. The first-order chi connectivity index (χ1) is 19.3. The highest BCUT2D eigenvalue weighted by molar-refractivity contribution is 6.05. The van der Waals surface area contributed by atoms with Gasteiger partial charge in [-0.15, -0.1) is 0 Å². The Bertz CT molecular complexity index is 1530. The molecule has 2 N–H and O–H groups in total. The van der Waals surface area contributed by atoms with Gasteiger partial charge < -0.3 is 24.3 Å². The minimum Gasteiger partial charge on any atom is -0.488 e. The van der Waals surface area contributed by atoms with Crippen molar-refractivity contribution < 1.29 is 38.3 Å². The predicted octanol–water partition coefficient (Wildman–Crippen LogP) is 3.18. The van der Waals surface area contributed by atoms with Gasteiger partial charge in [0.25, 0.3) is 11.8 Å². The van der Waals surface area contributed by atoms with Crippen LogP contribution in [0.15, 0.2) is 71.5 Å². The Hall–Kier alpha value is -5.72. The number of carbonyl (C=O) groups excluding carboxylic acids is 3. The van der Waals surface area contributed by atoms with Gasteiger partial charge in [0.15, 0.2) is 17.2 Å². The molecule has 0 bridgehead atoms. The molecule has 204 valence electrons. The molecule has 3 aromatic rings. The third-order valence-electron chi connectivity index (χ3n) is 5.37. The van der Waals surface area contributed by atoms with Gasteiger partial charge in [0.1, 0.15) is 5.70 Å². The molecule has 0 unspecified atom stereocenters. The Morgan fingerprint density at radius 1 is 1.05 bits per heavy atom. The maximum atomic E-state index is 13.1. The molecule has 0 spiro atoms. The molecule has 0 saturated carbocycles. The van der Waals surface area contributed by atoms with Crippen molar-refractivity contribution in [2.24, 2.45) is 5.10 Å². The van der Waals surface area contributed by atoms with Crippen LogP contribution in [0.3, 0.4) is 0 Å². The van der Waals surface area contributed by atoms with Crippen LogP contribution in [0.5, 0.6) is 23.0 Å². The van der Waals surface area contributed by atoms with Crippen LogP contribution in [0, 0.1) is 10.1 Å². The molecule has 0 radical (unpaired) electrons. The van der Waals surface area contributed by atoms with Gasteiger partial charge in [-0.3, -0.25) is 24.5 Å². The summed E-state index contributed by atoms with van der Waals surface area (Å²) in [6.45, 7) is 1.20. The number of nitro groups is 1. The summed E-state index contributed by atoms with van der Waals surface area (Å²) in [7, 11) is 1.18. The van der Waals surface area contributed by atoms with Gasteiger partial charge in [0.2, 0.25) is 12.5 Å². The fraction of sp³-hybridized carbons (Fsp3) is 0.111. The lowest BCUT2D eigenvalue weighted by Gasteiger charge is -2.10. The van der Waals surface area contributed by atoms with Crippen LogP contribution in [-0.2, 0) is 9.59 Å². The summed E-state index contributed by atoms with van der Waals surface area (Å²) >= 11 is 0. The van der Waals surface area contributed by atoms with Crippen LogP contribution in [-0.4, -0.2) is 42.8 Å². The maximum absolute atomic E-state index is 13.1. The number of ether oxygens (including phenoxy) is 4. The van der Waals surface area contributed by atoms with E-state index < -0.39 is 28.4 Å². The number of rotatable bonds is 9. The Labute approximate surface area is 227 Å². The van der Waals surface area contributed by atoms with Gasteiger partial charge >= 0.3 is 11.7 Å². The van der Waals surface area contributed by atoms with E-state index in [0.717, 1.165) is 13.1 Å². The second-order valence-corrected chi connectivity index (χ2v) is 8.08. The Kier molecular flexibility index (Phi) is 8.34. The van der Waals surface area contributed by atoms with Crippen molar-refractivity contribution in [3.63, 3.8) is 0 Å². The largest absolute Gasteiger partial charge is 0.488 e. The molecule has 0 fully saturated rings. The van der Waals surface area contributed by atoms with E-state index in [-0.39, 0.29) is 29.6 Å². The zero-order valence-corrected chi connectivity index (χ0v) is 21.2. The van der Waals surface area contributed by atoms with Gasteiger partial charge in [-0.05, 0) is 48.0 Å². The number of hydrogen-bond donors (Lipinski definition) is 2. The quantitative estimate of drug-likeness (QED) is 0.102. The predicted molar refractivity (Wildman–Crippen MR) is 141 cm³/mol. The zero-order chi connectivity index (χ0) is 28.6. The van der Waals surface area contributed by atoms with E-state index in [1.54, 1.807) is 48.5 Å². The fourth-order valence-electron chi connectivity index (χ4n) is 3.63. The average molecular weight is 546 g/mol. The lowest BCUT2D eigenvalue weighted by molar-refractivity contribution is -0.385. The summed E-state index contributed by atoms with van der Waals surface area (Å²) < 4.78 is 20.7. The van der Waals surface area contributed by atoms with E-state index in [2.05, 4.69) is 15.8 Å². The van der Waals surface area contributed by atoms with Crippen LogP contribution in [0.2, 0.25) is 0 Å². The van der Waals surface area contributed by atoms with E-state index >= 15 is 0 Å². The number of nitro benzene ring substituents is 1. The van der Waals surface area contributed by atoms with Crippen molar-refractivity contribution in [3.05, 3.63) is 93.2 Å². The number of hydrazone groups is 1. The highest BCUT2D eigenvalue weighted by Gasteiger charge is 2.25. The van der Waals surface area contributed by atoms with Gasteiger partial charge in [0, 0.05) is 12.5 Å². The highest BCUT2D eigenvalue weighted by Crippen LogP contribution is 2.39. The molecule has 1 aliphatic rings. The zero-order valence-electron chi connectivity index (χ0n) is 21.2. The molecule has 13 nitrogen and oxygen atoms in total. The van der Waals surface area contributed by atoms with E-state index in [0.29, 0.717) is 22.6 Å². The molecule has 2 amide bonds. The van der Waals surface area contributed by atoms with E-state index in [9.17, 15) is 24.5 Å². The first-order valence-electron chi connectivity index (χ1n) is 11.6. The first kappa shape index (κ1) is 27.3. The average Bonchev–Trinajstić information content (AvgIpc) is 3.41. The van der Waals surface area contributed by atoms with E-state index in [1.165, 1.54) is 25.3 Å². The summed E-state index contributed by atoms with van der Waals surface area (Å²) in [5.74, 6) is -1.50. The molecule has 0 saturated heterocycles. The van der Waals surface area contributed by atoms with Crippen LogP contribution in [0.1, 0.15) is 28.4 Å². The molecule has 13 heteroatoms. The minimum absolute atomic E-state index is 0.0485. The van der Waals surface area contributed by atoms with Crippen molar-refractivity contribution in [1.29, 1.82) is 0 Å². The Morgan fingerprint density at radius 3 is 2.50 bits per heavy atom. The summed E-state index contributed by atoms with van der Waals surface area (Å²) in [4.78, 5) is 48.2. The summed E-state index contributed by atoms with van der Waals surface area (Å²) in [5, 5.41) is 18.1. The number of benzene rings is 3. The SMILES string of the molecule is COc1c(OC(C)=O)ccc(/C=N\NC(=O)/C(=C\c2ccc3c(c2)OCO3)NC(=O)c2ccccc2)c1[N+](=O)[O-]. The van der Waals surface area contributed by atoms with Crippen molar-refractivity contribution in [2.75, 3.05) is 13.9 Å². The van der Waals surface area contributed by atoms with Crippen LogP contribution < -0.4 is 29.7 Å².